The quantitative estimate of drug-likeness (QED) is 0.754. The highest BCUT2D eigenvalue weighted by atomic mass is 79.9. The van der Waals surface area contributed by atoms with Crippen LogP contribution in [0.2, 0.25) is 0 Å². The van der Waals surface area contributed by atoms with Gasteiger partial charge in [-0.1, -0.05) is 0 Å². The number of carbonyl (C=O) groups excluding carboxylic acids is 1. The average Bonchev–Trinajstić information content (AvgIpc) is 3.27. The van der Waals surface area contributed by atoms with Gasteiger partial charge in [0.05, 0.1) is 16.8 Å². The second-order valence-electron chi connectivity index (χ2n) is 9.37. The molecule has 1 aromatic rings. The van der Waals surface area contributed by atoms with E-state index < -0.39 is 5.41 Å². The first-order chi connectivity index (χ1) is 11.8. The maximum absolute atomic E-state index is 13.1. The Morgan fingerprint density at radius 2 is 2.00 bits per heavy atom. The molecule has 5 heteroatoms. The summed E-state index contributed by atoms with van der Waals surface area (Å²) in [6, 6.07) is 2.38. The van der Waals surface area contributed by atoms with Crippen LogP contribution in [0, 0.1) is 11.8 Å². The van der Waals surface area contributed by atoms with Crippen molar-refractivity contribution in [1.82, 2.24) is 9.88 Å². The summed E-state index contributed by atoms with van der Waals surface area (Å²) in [5.41, 5.74) is 1.68. The molecule has 3 heterocycles. The summed E-state index contributed by atoms with van der Waals surface area (Å²) < 4.78 is 0.944. The highest BCUT2D eigenvalue weighted by Gasteiger charge is 2.56. The van der Waals surface area contributed by atoms with Crippen molar-refractivity contribution in [1.29, 1.82) is 0 Å². The van der Waals surface area contributed by atoms with Gasteiger partial charge in [0.1, 0.15) is 0 Å². The molecular weight excluding hydrogens is 378 g/mol. The van der Waals surface area contributed by atoms with E-state index in [2.05, 4.69) is 43.7 Å². The zero-order valence-electron chi connectivity index (χ0n) is 15.3. The number of amides is 1. The first-order valence-electron chi connectivity index (χ1n) is 9.54. The van der Waals surface area contributed by atoms with Crippen molar-refractivity contribution < 1.29 is 4.79 Å². The summed E-state index contributed by atoms with van der Waals surface area (Å²) >= 11 is 3.53. The first-order valence-corrected chi connectivity index (χ1v) is 10.3. The van der Waals surface area contributed by atoms with E-state index in [1.54, 1.807) is 0 Å². The van der Waals surface area contributed by atoms with Gasteiger partial charge in [0.25, 0.3) is 0 Å². The molecule has 0 spiro atoms. The molecule has 25 heavy (non-hydrogen) atoms. The molecule has 2 unspecified atom stereocenters. The van der Waals surface area contributed by atoms with Crippen molar-refractivity contribution in [3.05, 3.63) is 22.4 Å². The van der Waals surface area contributed by atoms with Crippen molar-refractivity contribution in [2.24, 2.45) is 11.8 Å². The van der Waals surface area contributed by atoms with Crippen LogP contribution in [0.15, 0.2) is 16.7 Å². The summed E-state index contributed by atoms with van der Waals surface area (Å²) in [6.07, 6.45) is 6.79. The number of likely N-dealkylation sites (tertiary alicyclic amines) is 1. The van der Waals surface area contributed by atoms with Crippen LogP contribution >= 0.6 is 15.9 Å². The summed E-state index contributed by atoms with van der Waals surface area (Å²) in [6.45, 7) is 8.93. The SMILES string of the molecule is CC1(C)C(=O)N([C@H]2C[C@@](C)(N3CCC4CC4C3)C2)c2cc(Br)cnc21. The van der Waals surface area contributed by atoms with E-state index in [4.69, 9.17) is 0 Å². The number of piperidine rings is 1. The minimum Gasteiger partial charge on any atom is -0.307 e. The smallest absolute Gasteiger partial charge is 0.239 e. The Morgan fingerprint density at radius 3 is 2.72 bits per heavy atom. The van der Waals surface area contributed by atoms with Gasteiger partial charge in [-0.25, -0.2) is 0 Å². The molecule has 2 aliphatic carbocycles. The monoisotopic (exact) mass is 403 g/mol. The largest absolute Gasteiger partial charge is 0.307 e. The molecule has 2 atom stereocenters. The van der Waals surface area contributed by atoms with Crippen LogP contribution in [0.4, 0.5) is 5.69 Å². The Hall–Kier alpha value is -0.940. The average molecular weight is 404 g/mol. The fourth-order valence-corrected chi connectivity index (χ4v) is 5.76. The lowest BCUT2D eigenvalue weighted by Crippen LogP contribution is -2.64. The van der Waals surface area contributed by atoms with Gasteiger partial charge < -0.3 is 4.90 Å². The van der Waals surface area contributed by atoms with Crippen LogP contribution in [-0.2, 0) is 10.2 Å². The molecule has 2 saturated carbocycles. The first kappa shape index (κ1) is 16.2. The number of anilines is 1. The van der Waals surface area contributed by atoms with Crippen molar-refractivity contribution in [3.8, 4) is 0 Å². The van der Waals surface area contributed by atoms with Crippen molar-refractivity contribution in [2.75, 3.05) is 18.0 Å². The third-order valence-corrected chi connectivity index (χ3v) is 7.65. The van der Waals surface area contributed by atoms with Gasteiger partial charge in [-0.15, -0.1) is 0 Å². The molecule has 4 nitrogen and oxygen atoms in total. The van der Waals surface area contributed by atoms with Crippen LogP contribution in [0.5, 0.6) is 0 Å². The third kappa shape index (κ3) is 2.27. The minimum absolute atomic E-state index is 0.209. The number of fused-ring (bicyclic) bond motifs is 2. The predicted octanol–water partition coefficient (Wildman–Crippen LogP) is 3.73. The molecule has 5 rings (SSSR count). The van der Waals surface area contributed by atoms with E-state index in [9.17, 15) is 4.79 Å². The fraction of sp³-hybridized carbons (Fsp3) is 0.700. The molecule has 134 valence electrons. The molecule has 4 aliphatic rings. The molecule has 1 aromatic heterocycles. The standard InChI is InChI=1S/C20H26BrN3O/c1-19(2)17-16(7-14(21)10-22-17)24(18(19)25)15-8-20(3,9-15)23-5-4-12-6-13(12)11-23/h7,10,12-13,15H,4-6,8-9,11H2,1-3H3/t12?,13?,15-,20+. The van der Waals surface area contributed by atoms with E-state index in [-0.39, 0.29) is 11.4 Å². The maximum atomic E-state index is 13.1. The van der Waals surface area contributed by atoms with Crippen LogP contribution in [0.3, 0.4) is 0 Å². The maximum Gasteiger partial charge on any atom is 0.239 e. The van der Waals surface area contributed by atoms with E-state index in [0.717, 1.165) is 40.5 Å². The molecule has 3 fully saturated rings. The zero-order valence-corrected chi connectivity index (χ0v) is 16.8. The predicted molar refractivity (Wildman–Crippen MR) is 102 cm³/mol. The lowest BCUT2D eigenvalue weighted by molar-refractivity contribution is -0.123. The number of aromatic nitrogens is 1. The molecule has 0 radical (unpaired) electrons. The van der Waals surface area contributed by atoms with E-state index in [1.807, 2.05) is 20.0 Å². The Balaban J connectivity index is 1.38. The molecular formula is C20H26BrN3O. The minimum atomic E-state index is -0.519. The number of nitrogens with zero attached hydrogens (tertiary/aromatic N) is 3. The Bertz CT molecular complexity index is 755. The number of hydrogen-bond acceptors (Lipinski definition) is 3. The van der Waals surface area contributed by atoms with Gasteiger partial charge in [-0.05, 0) is 86.8 Å². The second-order valence-corrected chi connectivity index (χ2v) is 10.3. The number of hydrogen-bond donors (Lipinski definition) is 0. The van der Waals surface area contributed by atoms with Gasteiger partial charge in [0, 0.05) is 28.8 Å². The number of halogens is 1. The van der Waals surface area contributed by atoms with Gasteiger partial charge >= 0.3 is 0 Å². The van der Waals surface area contributed by atoms with Gasteiger partial charge in [-0.3, -0.25) is 14.7 Å². The van der Waals surface area contributed by atoms with E-state index in [0.29, 0.717) is 6.04 Å². The Kier molecular flexibility index (Phi) is 3.29. The van der Waals surface area contributed by atoms with Gasteiger partial charge in [0.15, 0.2) is 0 Å². The van der Waals surface area contributed by atoms with E-state index in [1.165, 1.54) is 25.9 Å². The molecule has 0 N–H and O–H groups in total. The molecule has 0 aromatic carbocycles. The summed E-state index contributed by atoms with van der Waals surface area (Å²) in [5.74, 6) is 2.19. The Labute approximate surface area is 158 Å². The van der Waals surface area contributed by atoms with Crippen molar-refractivity contribution in [2.45, 2.75) is 63.5 Å². The summed E-state index contributed by atoms with van der Waals surface area (Å²) in [4.78, 5) is 22.5. The third-order valence-electron chi connectivity index (χ3n) is 7.21. The second kappa shape index (κ2) is 5.07. The van der Waals surface area contributed by atoms with Gasteiger partial charge in [0.2, 0.25) is 5.91 Å². The summed E-state index contributed by atoms with van der Waals surface area (Å²) in [5, 5.41) is 0. The van der Waals surface area contributed by atoms with Gasteiger partial charge in [-0.2, -0.15) is 0 Å². The molecule has 1 saturated heterocycles. The van der Waals surface area contributed by atoms with Crippen LogP contribution in [0.25, 0.3) is 0 Å². The van der Waals surface area contributed by atoms with Crippen LogP contribution in [-0.4, -0.2) is 40.5 Å². The van der Waals surface area contributed by atoms with Crippen molar-refractivity contribution in [3.63, 3.8) is 0 Å². The van der Waals surface area contributed by atoms with E-state index >= 15 is 0 Å². The van der Waals surface area contributed by atoms with Crippen molar-refractivity contribution >= 4 is 27.5 Å². The lowest BCUT2D eigenvalue weighted by Gasteiger charge is -2.55. The Morgan fingerprint density at radius 1 is 1.24 bits per heavy atom. The topological polar surface area (TPSA) is 36.4 Å². The molecule has 1 amide bonds. The number of carbonyl (C=O) groups is 1. The molecule has 2 aliphatic heterocycles. The highest BCUT2D eigenvalue weighted by Crippen LogP contribution is 2.52. The highest BCUT2D eigenvalue weighted by molar-refractivity contribution is 9.10. The lowest BCUT2D eigenvalue weighted by atomic mass is 9.71. The fourth-order valence-electron chi connectivity index (χ4n) is 5.44. The normalized spacial score (nSPS) is 39.0. The van der Waals surface area contributed by atoms with Crippen LogP contribution < -0.4 is 4.90 Å². The number of rotatable bonds is 2. The van der Waals surface area contributed by atoms with Crippen LogP contribution in [0.1, 0.15) is 52.1 Å². The molecule has 0 bridgehead atoms. The number of pyridine rings is 1. The summed E-state index contributed by atoms with van der Waals surface area (Å²) in [7, 11) is 0. The zero-order chi connectivity index (χ0) is 17.6.